The van der Waals surface area contributed by atoms with Gasteiger partial charge in [0.15, 0.2) is 11.5 Å². The average Bonchev–Trinajstić information content (AvgIpc) is 3.52. The number of carbonyl (C=O) groups excluding carboxylic acids is 3. The van der Waals surface area contributed by atoms with Crippen LogP contribution in [0.2, 0.25) is 0 Å². The zero-order valence-electron chi connectivity index (χ0n) is 18.3. The first-order valence-corrected chi connectivity index (χ1v) is 11.1. The maximum Gasteiger partial charge on any atom is 0.262 e. The summed E-state index contributed by atoms with van der Waals surface area (Å²) in [5, 5.41) is 0. The van der Waals surface area contributed by atoms with Crippen LogP contribution in [0.5, 0.6) is 11.5 Å². The number of fused-ring (bicyclic) bond motifs is 2. The summed E-state index contributed by atoms with van der Waals surface area (Å²) in [5.74, 6) is 0.359. The van der Waals surface area contributed by atoms with Gasteiger partial charge in [0.25, 0.3) is 11.8 Å². The minimum Gasteiger partial charge on any atom is -0.454 e. The van der Waals surface area contributed by atoms with Crippen LogP contribution in [-0.4, -0.2) is 46.4 Å². The molecule has 0 N–H and O–H groups in total. The third-order valence-corrected chi connectivity index (χ3v) is 6.66. The second-order valence-corrected chi connectivity index (χ2v) is 8.80. The second-order valence-electron chi connectivity index (χ2n) is 8.80. The molecule has 0 unspecified atom stereocenters. The van der Waals surface area contributed by atoms with E-state index in [1.807, 2.05) is 36.1 Å². The van der Waals surface area contributed by atoms with Crippen LogP contribution in [0.25, 0.3) is 0 Å². The molecule has 1 fully saturated rings. The van der Waals surface area contributed by atoms with Crippen molar-refractivity contribution in [2.75, 3.05) is 6.79 Å². The molecule has 3 aliphatic rings. The highest BCUT2D eigenvalue weighted by Crippen LogP contribution is 2.34. The Morgan fingerprint density at radius 3 is 2.53 bits per heavy atom. The van der Waals surface area contributed by atoms with Gasteiger partial charge in [0, 0.05) is 12.6 Å². The number of hydrogen-bond acceptors (Lipinski definition) is 5. The van der Waals surface area contributed by atoms with Crippen LogP contribution in [-0.2, 0) is 11.3 Å². The molecule has 7 heteroatoms. The van der Waals surface area contributed by atoms with Crippen LogP contribution >= 0.6 is 0 Å². The first kappa shape index (κ1) is 20.5. The van der Waals surface area contributed by atoms with Gasteiger partial charge in [-0.05, 0) is 56.5 Å². The largest absolute Gasteiger partial charge is 0.454 e. The molecule has 2 heterocycles. The Balaban J connectivity index is 1.41. The Kier molecular flexibility index (Phi) is 5.12. The van der Waals surface area contributed by atoms with Gasteiger partial charge in [-0.2, -0.15) is 0 Å². The van der Waals surface area contributed by atoms with Crippen molar-refractivity contribution < 1.29 is 23.9 Å². The number of rotatable bonds is 5. The molecule has 1 saturated carbocycles. The first-order chi connectivity index (χ1) is 15.4. The average molecular weight is 434 g/mol. The van der Waals surface area contributed by atoms with Crippen molar-refractivity contribution in [2.45, 2.75) is 58.2 Å². The van der Waals surface area contributed by atoms with Gasteiger partial charge in [-0.1, -0.05) is 30.5 Å². The van der Waals surface area contributed by atoms with Crippen molar-refractivity contribution in [1.29, 1.82) is 0 Å². The lowest BCUT2D eigenvalue weighted by atomic mass is 10.1. The highest BCUT2D eigenvalue weighted by molar-refractivity contribution is 6.22. The molecule has 0 spiro atoms. The van der Waals surface area contributed by atoms with E-state index in [9.17, 15) is 14.4 Å². The molecule has 0 saturated heterocycles. The lowest BCUT2D eigenvalue weighted by molar-refractivity contribution is -0.138. The standard InChI is InChI=1S/C25H26N2O5/c1-15-7-9-19-20(11-15)25(30)27(24(19)29)16(2)23(28)26(18-5-3-4-6-18)13-17-8-10-21-22(12-17)32-14-31-21/h7-12,16,18H,3-6,13-14H2,1-2H3/t16-/m0/s1. The summed E-state index contributed by atoms with van der Waals surface area (Å²) >= 11 is 0. The number of amides is 3. The van der Waals surface area contributed by atoms with Crippen LogP contribution in [0.4, 0.5) is 0 Å². The quantitative estimate of drug-likeness (QED) is 0.671. The molecule has 5 rings (SSSR count). The maximum atomic E-state index is 13.7. The molecule has 32 heavy (non-hydrogen) atoms. The van der Waals surface area contributed by atoms with E-state index in [1.54, 1.807) is 19.1 Å². The summed E-state index contributed by atoms with van der Waals surface area (Å²) in [7, 11) is 0. The van der Waals surface area contributed by atoms with Gasteiger partial charge in [-0.15, -0.1) is 0 Å². The summed E-state index contributed by atoms with van der Waals surface area (Å²) < 4.78 is 10.9. The van der Waals surface area contributed by atoms with Gasteiger partial charge in [0.05, 0.1) is 11.1 Å². The molecule has 1 atom stereocenters. The van der Waals surface area contributed by atoms with E-state index < -0.39 is 17.9 Å². The number of nitrogens with zero attached hydrogens (tertiary/aromatic N) is 2. The fourth-order valence-corrected chi connectivity index (χ4v) is 4.91. The second kappa shape index (κ2) is 7.97. The molecular formula is C25H26N2O5. The fourth-order valence-electron chi connectivity index (χ4n) is 4.91. The summed E-state index contributed by atoms with van der Waals surface area (Å²) in [6, 6.07) is 10.1. The third-order valence-electron chi connectivity index (χ3n) is 6.66. The van der Waals surface area contributed by atoms with Gasteiger partial charge >= 0.3 is 0 Å². The van der Waals surface area contributed by atoms with Gasteiger partial charge in [0.1, 0.15) is 6.04 Å². The fraction of sp³-hybridized carbons (Fsp3) is 0.400. The van der Waals surface area contributed by atoms with Crippen molar-refractivity contribution >= 4 is 17.7 Å². The molecule has 0 aromatic heterocycles. The summed E-state index contributed by atoms with van der Waals surface area (Å²) in [6.07, 6.45) is 3.97. The Hall–Kier alpha value is -3.35. The smallest absolute Gasteiger partial charge is 0.262 e. The predicted octanol–water partition coefficient (Wildman–Crippen LogP) is 3.68. The van der Waals surface area contributed by atoms with Crippen molar-refractivity contribution in [2.24, 2.45) is 0 Å². The number of carbonyl (C=O) groups is 3. The van der Waals surface area contributed by atoms with Crippen molar-refractivity contribution in [1.82, 2.24) is 9.80 Å². The number of benzene rings is 2. The van der Waals surface area contributed by atoms with E-state index in [2.05, 4.69) is 0 Å². The van der Waals surface area contributed by atoms with Crippen LogP contribution in [0.1, 0.15) is 64.4 Å². The number of imide groups is 1. The summed E-state index contributed by atoms with van der Waals surface area (Å²) in [6.45, 7) is 4.12. The van der Waals surface area contributed by atoms with E-state index in [0.717, 1.165) is 41.7 Å². The van der Waals surface area contributed by atoms with Gasteiger partial charge in [-0.25, -0.2) is 0 Å². The van der Waals surface area contributed by atoms with Crippen LogP contribution < -0.4 is 9.47 Å². The summed E-state index contributed by atoms with van der Waals surface area (Å²) in [5.41, 5.74) is 2.57. The number of aryl methyl sites for hydroxylation is 1. The van der Waals surface area contributed by atoms with Crippen molar-refractivity contribution in [3.8, 4) is 11.5 Å². The molecule has 2 aromatic rings. The van der Waals surface area contributed by atoms with E-state index in [4.69, 9.17) is 9.47 Å². The molecule has 2 aliphatic heterocycles. The number of ether oxygens (including phenoxy) is 2. The van der Waals surface area contributed by atoms with E-state index >= 15 is 0 Å². The molecule has 0 bridgehead atoms. The lowest BCUT2D eigenvalue weighted by Gasteiger charge is -2.34. The molecule has 166 valence electrons. The minimum atomic E-state index is -0.877. The lowest BCUT2D eigenvalue weighted by Crippen LogP contribution is -2.51. The summed E-state index contributed by atoms with van der Waals surface area (Å²) in [4.78, 5) is 42.7. The molecule has 1 aliphatic carbocycles. The van der Waals surface area contributed by atoms with Crippen molar-refractivity contribution in [3.63, 3.8) is 0 Å². The predicted molar refractivity (Wildman–Crippen MR) is 117 cm³/mol. The monoisotopic (exact) mass is 434 g/mol. The third kappa shape index (κ3) is 3.42. The Morgan fingerprint density at radius 1 is 1.03 bits per heavy atom. The van der Waals surface area contributed by atoms with Crippen LogP contribution in [0, 0.1) is 6.92 Å². The molecule has 7 nitrogen and oxygen atoms in total. The van der Waals surface area contributed by atoms with Crippen molar-refractivity contribution in [3.05, 3.63) is 58.7 Å². The topological polar surface area (TPSA) is 76.2 Å². The Morgan fingerprint density at radius 2 is 1.75 bits per heavy atom. The molecule has 3 amide bonds. The Labute approximate surface area is 186 Å². The van der Waals surface area contributed by atoms with E-state index in [0.29, 0.717) is 29.2 Å². The maximum absolute atomic E-state index is 13.7. The first-order valence-electron chi connectivity index (χ1n) is 11.1. The van der Waals surface area contributed by atoms with Gasteiger partial charge in [-0.3, -0.25) is 19.3 Å². The number of hydrogen-bond donors (Lipinski definition) is 0. The Bertz CT molecular complexity index is 1110. The molecule has 0 radical (unpaired) electrons. The zero-order valence-corrected chi connectivity index (χ0v) is 18.3. The minimum absolute atomic E-state index is 0.0906. The SMILES string of the molecule is Cc1ccc2c(c1)C(=O)N([C@@H](C)C(=O)N(Cc1ccc3c(c1)OCO3)C1CCCC1)C2=O. The van der Waals surface area contributed by atoms with Crippen LogP contribution in [0.15, 0.2) is 36.4 Å². The van der Waals surface area contributed by atoms with Gasteiger partial charge in [0.2, 0.25) is 12.7 Å². The highest BCUT2D eigenvalue weighted by Gasteiger charge is 2.43. The van der Waals surface area contributed by atoms with Gasteiger partial charge < -0.3 is 14.4 Å². The highest BCUT2D eigenvalue weighted by atomic mass is 16.7. The zero-order chi connectivity index (χ0) is 22.4. The molecule has 2 aromatic carbocycles. The van der Waals surface area contributed by atoms with Crippen LogP contribution in [0.3, 0.4) is 0 Å². The normalized spacial score (nSPS) is 18.2. The van der Waals surface area contributed by atoms with E-state index in [1.165, 1.54) is 0 Å². The van der Waals surface area contributed by atoms with E-state index in [-0.39, 0.29) is 18.7 Å². The molecular weight excluding hydrogens is 408 g/mol.